The molecule has 81 heavy (non-hydrogen) atoms. The van der Waals surface area contributed by atoms with Crippen molar-refractivity contribution in [3.8, 4) is 34.5 Å². The van der Waals surface area contributed by atoms with E-state index in [0.29, 0.717) is 25.0 Å². The first-order valence-corrected chi connectivity index (χ1v) is 30.9. The Labute approximate surface area is 500 Å². The summed E-state index contributed by atoms with van der Waals surface area (Å²) in [5.41, 5.74) is 3.22. The van der Waals surface area contributed by atoms with Crippen LogP contribution in [0.15, 0.2) is 85.2 Å². The standard InChI is InChI=1S/C56H62Cl6N4O14Si/c1-54(2,3)81(7,8)80-51-43-23-35(32-12-16-36(67)17-13-32)29-64(43)49(69)39-25-45(75-6)47(27-41(39)66(51)53(72)79-31-56(60,61)62)77-21-11-9-10-20-76-46-26-40-38(24-44(46)74-5)48(68)63-28-34(33-14-18-37(73-4)19-15-33)22-42(63)50(70)65(40)52(71)78-30-55(57,58)59/h12-19,24-29,42-43,50-51,67,70H,9-11,20-23,30-31H2,1-8H3/t42-,43-,50-,51-/m0/s1. The third kappa shape index (κ3) is 13.8. The molecule has 18 nitrogen and oxygen atoms in total. The number of ether oxygens (including phenoxy) is 7. The zero-order valence-electron chi connectivity index (χ0n) is 45.6. The molecule has 4 aromatic rings. The highest BCUT2D eigenvalue weighted by Gasteiger charge is 2.52. The van der Waals surface area contributed by atoms with E-state index in [9.17, 15) is 29.4 Å². The zero-order chi connectivity index (χ0) is 58.9. The van der Waals surface area contributed by atoms with E-state index in [0.717, 1.165) is 27.2 Å². The van der Waals surface area contributed by atoms with E-state index < -0.39 is 77.7 Å². The quantitative estimate of drug-likeness (QED) is 0.0575. The second kappa shape index (κ2) is 24.8. The molecule has 0 aliphatic carbocycles. The van der Waals surface area contributed by atoms with Gasteiger partial charge in [-0.15, -0.1) is 0 Å². The molecule has 8 rings (SSSR count). The van der Waals surface area contributed by atoms with E-state index in [-0.39, 0.29) is 82.3 Å². The van der Waals surface area contributed by atoms with Gasteiger partial charge in [0.05, 0.1) is 69.1 Å². The molecule has 0 bridgehead atoms. The van der Waals surface area contributed by atoms with Crippen molar-refractivity contribution in [1.82, 2.24) is 9.80 Å². The number of hydrogen-bond acceptors (Lipinski definition) is 14. The van der Waals surface area contributed by atoms with E-state index in [1.54, 1.807) is 66.9 Å². The van der Waals surface area contributed by atoms with Crippen molar-refractivity contribution < 1.29 is 67.0 Å². The second-order valence-electron chi connectivity index (χ2n) is 21.1. The highest BCUT2D eigenvalue weighted by molar-refractivity contribution is 6.74. The number of hydrogen-bond donors (Lipinski definition) is 2. The lowest BCUT2D eigenvalue weighted by Gasteiger charge is -2.44. The molecule has 0 aromatic heterocycles. The number of carbonyl (C=O) groups is 4. The molecule has 0 saturated carbocycles. The molecule has 4 aromatic carbocycles. The van der Waals surface area contributed by atoms with Gasteiger partial charge in [0.15, 0.2) is 43.8 Å². The lowest BCUT2D eigenvalue weighted by atomic mass is 10.0. The number of amides is 4. The van der Waals surface area contributed by atoms with Crippen LogP contribution in [0, 0.1) is 0 Å². The first kappa shape index (κ1) is 61.6. The van der Waals surface area contributed by atoms with E-state index in [1.807, 2.05) is 25.2 Å². The number of anilines is 2. The highest BCUT2D eigenvalue weighted by Crippen LogP contribution is 2.48. The van der Waals surface area contributed by atoms with Crippen molar-refractivity contribution in [1.29, 1.82) is 0 Å². The number of alkyl halides is 6. The van der Waals surface area contributed by atoms with Gasteiger partial charge in [-0.2, -0.15) is 0 Å². The minimum absolute atomic E-state index is 0.00646. The van der Waals surface area contributed by atoms with Gasteiger partial charge in [0.2, 0.25) is 7.59 Å². The molecule has 0 fully saturated rings. The summed E-state index contributed by atoms with van der Waals surface area (Å²) in [6.45, 7) is 9.27. The third-order valence-electron chi connectivity index (χ3n) is 14.7. The van der Waals surface area contributed by atoms with Gasteiger partial charge in [-0.05, 0) is 109 Å². The van der Waals surface area contributed by atoms with Crippen molar-refractivity contribution in [2.45, 2.75) is 103 Å². The maximum Gasteiger partial charge on any atom is 0.416 e. The Morgan fingerprint density at radius 2 is 1.06 bits per heavy atom. The smallest absolute Gasteiger partial charge is 0.416 e. The van der Waals surface area contributed by atoms with Crippen LogP contribution in [-0.2, 0) is 13.9 Å². The van der Waals surface area contributed by atoms with Crippen LogP contribution in [0.3, 0.4) is 0 Å². The predicted octanol–water partition coefficient (Wildman–Crippen LogP) is 12.9. The topological polar surface area (TPSA) is 196 Å². The Morgan fingerprint density at radius 1 is 0.617 bits per heavy atom. The molecule has 4 atom stereocenters. The molecule has 2 N–H and O–H groups in total. The minimum atomic E-state index is -2.78. The van der Waals surface area contributed by atoms with Crippen LogP contribution in [0.5, 0.6) is 34.5 Å². The summed E-state index contributed by atoms with van der Waals surface area (Å²) in [7, 11) is 1.62. The molecule has 436 valence electrons. The number of aromatic hydroxyl groups is 1. The number of methoxy groups -OCH3 is 3. The van der Waals surface area contributed by atoms with Crippen LogP contribution in [0.1, 0.15) is 84.7 Å². The van der Waals surface area contributed by atoms with Crippen molar-refractivity contribution >= 4 is 124 Å². The molecule has 0 saturated heterocycles. The monoisotopic (exact) mass is 1250 g/mol. The fraction of sp³-hybridized carbons (Fsp3) is 0.429. The van der Waals surface area contributed by atoms with Gasteiger partial charge in [0.1, 0.15) is 24.7 Å². The van der Waals surface area contributed by atoms with Crippen LogP contribution in [0.4, 0.5) is 21.0 Å². The summed E-state index contributed by atoms with van der Waals surface area (Å²) in [6.07, 6.45) is 0.582. The highest BCUT2D eigenvalue weighted by atomic mass is 35.6. The van der Waals surface area contributed by atoms with Gasteiger partial charge >= 0.3 is 12.2 Å². The summed E-state index contributed by atoms with van der Waals surface area (Å²) >= 11 is 36.2. The van der Waals surface area contributed by atoms with Crippen LogP contribution < -0.4 is 33.5 Å². The summed E-state index contributed by atoms with van der Waals surface area (Å²) in [6, 6.07) is 18.1. The SMILES string of the molecule is COc1ccc(C2=CN3C(=O)c4cc(OC)c(OCCCCCOc5cc6c(cc5OC)C(=O)N5C=C(c7ccc(O)cc7)C[C@H]5[C@H](O[Si](C)(C)C(C)(C)C)N6C(=O)OCC(Cl)(Cl)Cl)cc4N(C(=O)OCC(Cl)(Cl)Cl)[C@@H](O)[C@@H]3C2)cc1. The van der Waals surface area contributed by atoms with Crippen LogP contribution in [0.25, 0.3) is 11.1 Å². The number of phenols is 1. The largest absolute Gasteiger partial charge is 0.508 e. The summed E-state index contributed by atoms with van der Waals surface area (Å²) in [4.78, 5) is 63.1. The maximum absolute atomic E-state index is 14.9. The van der Waals surface area contributed by atoms with E-state index in [1.165, 1.54) is 42.2 Å². The zero-order valence-corrected chi connectivity index (χ0v) is 51.1. The maximum atomic E-state index is 14.9. The van der Waals surface area contributed by atoms with E-state index in [2.05, 4.69) is 20.8 Å². The molecule has 0 unspecified atom stereocenters. The molecule has 4 amide bonds. The van der Waals surface area contributed by atoms with Crippen molar-refractivity contribution in [3.05, 3.63) is 107 Å². The average Bonchev–Trinajstić information content (AvgIpc) is 4.18. The molecule has 0 radical (unpaired) electrons. The molecule has 25 heteroatoms. The fourth-order valence-corrected chi connectivity index (χ4v) is 11.1. The molecular weight excluding hydrogens is 1190 g/mol. The number of nitrogens with zero attached hydrogens (tertiary/aromatic N) is 4. The van der Waals surface area contributed by atoms with Gasteiger partial charge in [-0.1, -0.05) is 115 Å². The fourth-order valence-electron chi connectivity index (χ4n) is 9.53. The average molecular weight is 1260 g/mol. The Balaban J connectivity index is 1.02. The van der Waals surface area contributed by atoms with Crippen molar-refractivity contribution in [3.63, 3.8) is 0 Å². The van der Waals surface area contributed by atoms with Gasteiger partial charge in [-0.3, -0.25) is 9.59 Å². The second-order valence-corrected chi connectivity index (χ2v) is 30.9. The third-order valence-corrected chi connectivity index (χ3v) is 19.8. The molecule has 4 heterocycles. The van der Waals surface area contributed by atoms with Gasteiger partial charge < -0.3 is 57.6 Å². The van der Waals surface area contributed by atoms with Gasteiger partial charge in [-0.25, -0.2) is 19.4 Å². The van der Waals surface area contributed by atoms with Crippen molar-refractivity contribution in [2.75, 3.05) is 57.6 Å². The van der Waals surface area contributed by atoms with Gasteiger partial charge in [0.25, 0.3) is 11.8 Å². The van der Waals surface area contributed by atoms with Crippen LogP contribution in [0.2, 0.25) is 18.1 Å². The van der Waals surface area contributed by atoms with E-state index in [4.69, 9.17) is 107 Å². The Kier molecular flexibility index (Phi) is 18.8. The lowest BCUT2D eigenvalue weighted by Crippen LogP contribution is -2.58. The Bertz CT molecular complexity index is 3080. The first-order valence-electron chi connectivity index (χ1n) is 25.7. The number of rotatable bonds is 17. The number of halogens is 6. The summed E-state index contributed by atoms with van der Waals surface area (Å²) in [5.74, 6) is 0.498. The number of aliphatic hydroxyl groups excluding tert-OH is 1. The van der Waals surface area contributed by atoms with Crippen LogP contribution in [-0.4, -0.2) is 132 Å². The Hall–Kier alpha value is -5.48. The molecule has 4 aliphatic rings. The lowest BCUT2D eigenvalue weighted by molar-refractivity contribution is 0.0553. The van der Waals surface area contributed by atoms with E-state index >= 15 is 0 Å². The molecule has 4 aliphatic heterocycles. The molecule has 0 spiro atoms. The predicted molar refractivity (Wildman–Crippen MR) is 313 cm³/mol. The summed E-state index contributed by atoms with van der Waals surface area (Å²) in [5, 5.41) is 21.7. The van der Waals surface area contributed by atoms with Gasteiger partial charge in [0, 0.05) is 24.5 Å². The molecular formula is C56H62Cl6N4O14Si. The number of benzene rings is 4. The normalized spacial score (nSPS) is 19.1. The number of aliphatic hydroxyl groups is 1. The van der Waals surface area contributed by atoms with Crippen molar-refractivity contribution in [2.24, 2.45) is 0 Å². The first-order chi connectivity index (χ1) is 38.1. The number of fused-ring (bicyclic) bond motifs is 4. The van der Waals surface area contributed by atoms with Crippen LogP contribution >= 0.6 is 69.6 Å². The number of carbonyl (C=O) groups excluding carboxylic acids is 4. The Morgan fingerprint density at radius 3 is 1.52 bits per heavy atom. The minimum Gasteiger partial charge on any atom is -0.508 e. The number of unbranched alkanes of at least 4 members (excludes halogenated alkanes) is 2. The number of phenolic OH excluding ortho intramolecular Hbond substituents is 1. The summed E-state index contributed by atoms with van der Waals surface area (Å²) < 4.78 is 43.7.